The summed E-state index contributed by atoms with van der Waals surface area (Å²) in [5.41, 5.74) is 3.51. The predicted octanol–water partition coefficient (Wildman–Crippen LogP) is 2.76. The lowest BCUT2D eigenvalue weighted by molar-refractivity contribution is 0.0955. The molecule has 0 aliphatic heterocycles. The van der Waals surface area contributed by atoms with Gasteiger partial charge in [-0.25, -0.2) is 5.43 Å². The molecule has 0 unspecified atom stereocenters. The number of amides is 1. The van der Waals surface area contributed by atoms with Crippen LogP contribution >= 0.6 is 22.6 Å². The van der Waals surface area contributed by atoms with Gasteiger partial charge in [-0.3, -0.25) is 4.79 Å². The Balaban J connectivity index is 2.03. The molecule has 0 heterocycles. The van der Waals surface area contributed by atoms with Gasteiger partial charge in [0, 0.05) is 14.7 Å². The summed E-state index contributed by atoms with van der Waals surface area (Å²) in [7, 11) is 0. The molecule has 0 aromatic heterocycles. The third kappa shape index (κ3) is 3.78. The standard InChI is InChI=1S/C14H11IN2O2/c15-12-6-3-5-10(8-12)14(19)17-16-9-11-4-1-2-7-13(11)18/h1-9,18H,(H,17,19)/b16-9+. The number of hydrogen-bond acceptors (Lipinski definition) is 3. The van der Waals surface area contributed by atoms with Crippen molar-refractivity contribution >= 4 is 34.7 Å². The topological polar surface area (TPSA) is 61.7 Å². The summed E-state index contributed by atoms with van der Waals surface area (Å²) in [5.74, 6) is -0.167. The van der Waals surface area contributed by atoms with Gasteiger partial charge in [-0.2, -0.15) is 5.10 Å². The number of rotatable bonds is 3. The smallest absolute Gasteiger partial charge is 0.271 e. The van der Waals surface area contributed by atoms with Gasteiger partial charge in [-0.15, -0.1) is 0 Å². The zero-order valence-electron chi connectivity index (χ0n) is 9.88. The summed E-state index contributed by atoms with van der Waals surface area (Å²) < 4.78 is 0.981. The Labute approximate surface area is 124 Å². The van der Waals surface area contributed by atoms with E-state index in [2.05, 4.69) is 33.1 Å². The summed E-state index contributed by atoms with van der Waals surface area (Å²) in [6, 6.07) is 14.0. The van der Waals surface area contributed by atoms with Crippen molar-refractivity contribution in [1.82, 2.24) is 5.43 Å². The molecule has 5 heteroatoms. The molecule has 0 radical (unpaired) electrons. The van der Waals surface area contributed by atoms with E-state index < -0.39 is 0 Å². The molecular formula is C14H11IN2O2. The van der Waals surface area contributed by atoms with E-state index in [1.165, 1.54) is 6.21 Å². The Morgan fingerprint density at radius 3 is 2.74 bits per heavy atom. The quantitative estimate of drug-likeness (QED) is 0.499. The van der Waals surface area contributed by atoms with E-state index in [4.69, 9.17) is 0 Å². The monoisotopic (exact) mass is 366 g/mol. The van der Waals surface area contributed by atoms with Crippen molar-refractivity contribution < 1.29 is 9.90 Å². The molecule has 0 spiro atoms. The van der Waals surface area contributed by atoms with E-state index >= 15 is 0 Å². The van der Waals surface area contributed by atoms with Gasteiger partial charge in [-0.1, -0.05) is 18.2 Å². The lowest BCUT2D eigenvalue weighted by atomic mass is 10.2. The maximum atomic E-state index is 11.8. The molecule has 0 fully saturated rings. The summed E-state index contributed by atoms with van der Waals surface area (Å²) in [6.07, 6.45) is 1.40. The van der Waals surface area contributed by atoms with Crippen molar-refractivity contribution in [3.05, 3.63) is 63.2 Å². The maximum absolute atomic E-state index is 11.8. The zero-order chi connectivity index (χ0) is 13.7. The molecule has 96 valence electrons. The molecule has 0 atom stereocenters. The van der Waals surface area contributed by atoms with E-state index in [-0.39, 0.29) is 11.7 Å². The number of para-hydroxylation sites is 1. The van der Waals surface area contributed by atoms with E-state index in [1.807, 2.05) is 12.1 Å². The Hall–Kier alpha value is -1.89. The average Bonchev–Trinajstić information content (AvgIpc) is 2.41. The van der Waals surface area contributed by atoms with Crippen LogP contribution in [0.3, 0.4) is 0 Å². The molecule has 19 heavy (non-hydrogen) atoms. The first kappa shape index (κ1) is 13.5. The van der Waals surface area contributed by atoms with Crippen LogP contribution in [0.2, 0.25) is 0 Å². The highest BCUT2D eigenvalue weighted by Gasteiger charge is 2.03. The number of carbonyl (C=O) groups excluding carboxylic acids is 1. The van der Waals surface area contributed by atoms with E-state index in [0.29, 0.717) is 11.1 Å². The fourth-order valence-corrected chi connectivity index (χ4v) is 1.99. The van der Waals surface area contributed by atoms with Gasteiger partial charge in [0.25, 0.3) is 5.91 Å². The lowest BCUT2D eigenvalue weighted by Crippen LogP contribution is -2.17. The number of hydrazone groups is 1. The number of nitrogens with one attached hydrogen (secondary N) is 1. The Morgan fingerprint density at radius 1 is 1.21 bits per heavy atom. The van der Waals surface area contributed by atoms with Gasteiger partial charge >= 0.3 is 0 Å². The molecule has 4 nitrogen and oxygen atoms in total. The minimum Gasteiger partial charge on any atom is -0.507 e. The number of hydrogen-bond donors (Lipinski definition) is 2. The third-order valence-corrected chi connectivity index (χ3v) is 3.06. The highest BCUT2D eigenvalue weighted by atomic mass is 127. The molecule has 1 amide bonds. The van der Waals surface area contributed by atoms with Crippen molar-refractivity contribution in [1.29, 1.82) is 0 Å². The molecule has 0 saturated heterocycles. The number of benzene rings is 2. The number of phenolic OH excluding ortho intramolecular Hbond substituents is 1. The molecule has 0 aliphatic rings. The van der Waals surface area contributed by atoms with Gasteiger partial charge in [0.15, 0.2) is 0 Å². The fourth-order valence-electron chi connectivity index (χ4n) is 1.45. The van der Waals surface area contributed by atoms with Crippen LogP contribution < -0.4 is 5.43 Å². The van der Waals surface area contributed by atoms with Crippen LogP contribution in [0.25, 0.3) is 0 Å². The third-order valence-electron chi connectivity index (χ3n) is 2.39. The second-order valence-electron chi connectivity index (χ2n) is 3.77. The van der Waals surface area contributed by atoms with Crippen molar-refractivity contribution in [3.8, 4) is 5.75 Å². The van der Waals surface area contributed by atoms with Crippen LogP contribution in [0.15, 0.2) is 53.6 Å². The van der Waals surface area contributed by atoms with Crippen LogP contribution in [-0.2, 0) is 0 Å². The average molecular weight is 366 g/mol. The highest BCUT2D eigenvalue weighted by Crippen LogP contribution is 2.12. The van der Waals surface area contributed by atoms with Crippen LogP contribution in [0, 0.1) is 3.57 Å². The molecule has 2 aromatic carbocycles. The molecule has 0 bridgehead atoms. The summed E-state index contributed by atoms with van der Waals surface area (Å²) in [6.45, 7) is 0. The lowest BCUT2D eigenvalue weighted by Gasteiger charge is -2.00. The van der Waals surface area contributed by atoms with Gasteiger partial charge in [0.05, 0.1) is 6.21 Å². The van der Waals surface area contributed by atoms with Crippen molar-refractivity contribution in [2.24, 2.45) is 5.10 Å². The summed E-state index contributed by atoms with van der Waals surface area (Å²) in [4.78, 5) is 11.8. The van der Waals surface area contributed by atoms with E-state index in [1.54, 1.807) is 36.4 Å². The minimum absolute atomic E-state index is 0.120. The molecule has 2 rings (SSSR count). The van der Waals surface area contributed by atoms with Crippen LogP contribution in [0.4, 0.5) is 0 Å². The van der Waals surface area contributed by atoms with Crippen molar-refractivity contribution in [2.45, 2.75) is 0 Å². The van der Waals surface area contributed by atoms with E-state index in [0.717, 1.165) is 3.57 Å². The van der Waals surface area contributed by atoms with Crippen LogP contribution in [0.5, 0.6) is 5.75 Å². The van der Waals surface area contributed by atoms with Gasteiger partial charge in [-0.05, 0) is 52.9 Å². The second-order valence-corrected chi connectivity index (χ2v) is 5.01. The maximum Gasteiger partial charge on any atom is 0.271 e. The van der Waals surface area contributed by atoms with Gasteiger partial charge in [0.1, 0.15) is 5.75 Å². The van der Waals surface area contributed by atoms with E-state index in [9.17, 15) is 9.90 Å². The number of nitrogens with zero attached hydrogens (tertiary/aromatic N) is 1. The molecule has 0 saturated carbocycles. The molecule has 2 N–H and O–H groups in total. The largest absolute Gasteiger partial charge is 0.507 e. The summed E-state index contributed by atoms with van der Waals surface area (Å²) in [5, 5.41) is 13.3. The molecule has 0 aliphatic carbocycles. The van der Waals surface area contributed by atoms with Crippen LogP contribution in [-0.4, -0.2) is 17.2 Å². The fraction of sp³-hybridized carbons (Fsp3) is 0. The number of phenols is 1. The normalized spacial score (nSPS) is 10.6. The first-order valence-corrected chi connectivity index (χ1v) is 6.61. The number of halogens is 1. The first-order valence-electron chi connectivity index (χ1n) is 5.54. The Kier molecular flexibility index (Phi) is 4.51. The van der Waals surface area contributed by atoms with Gasteiger partial charge < -0.3 is 5.11 Å². The highest BCUT2D eigenvalue weighted by molar-refractivity contribution is 14.1. The molecule has 2 aromatic rings. The SMILES string of the molecule is O=C(N/N=C/c1ccccc1O)c1cccc(I)c1. The zero-order valence-corrected chi connectivity index (χ0v) is 12.0. The van der Waals surface area contributed by atoms with Crippen LogP contribution in [0.1, 0.15) is 15.9 Å². The number of carbonyl (C=O) groups is 1. The first-order chi connectivity index (χ1) is 9.16. The second kappa shape index (κ2) is 6.33. The van der Waals surface area contributed by atoms with Crippen molar-refractivity contribution in [3.63, 3.8) is 0 Å². The van der Waals surface area contributed by atoms with Gasteiger partial charge in [0.2, 0.25) is 0 Å². The molecular weight excluding hydrogens is 355 g/mol. The Bertz CT molecular complexity index is 626. The summed E-state index contributed by atoms with van der Waals surface area (Å²) >= 11 is 2.14. The Morgan fingerprint density at radius 2 is 2.00 bits per heavy atom. The van der Waals surface area contributed by atoms with Crippen molar-refractivity contribution in [2.75, 3.05) is 0 Å². The number of aromatic hydroxyl groups is 1. The minimum atomic E-state index is -0.287. The predicted molar refractivity (Wildman–Crippen MR) is 82.3 cm³/mol.